The Morgan fingerprint density at radius 2 is 1.71 bits per heavy atom. The highest BCUT2D eigenvalue weighted by Crippen LogP contribution is 2.32. The van der Waals surface area contributed by atoms with Crippen LogP contribution in [0.25, 0.3) is 0 Å². The maximum Gasteiger partial charge on any atom is 0.262 e. The zero-order valence-electron chi connectivity index (χ0n) is 19.5. The Balaban J connectivity index is 1.27. The number of hydrogen-bond donors (Lipinski definition) is 2. The van der Waals surface area contributed by atoms with Gasteiger partial charge in [0.2, 0.25) is 11.8 Å². The van der Waals surface area contributed by atoms with Crippen LogP contribution in [0.2, 0.25) is 0 Å². The van der Waals surface area contributed by atoms with Gasteiger partial charge in [-0.3, -0.25) is 39.2 Å². The standard InChI is InChI=1S/C25H33N5O4/c26-14-16-4-1-2-7-19(16)29-12-10-28(11-13-29)15-17-5-3-6-18-22(17)25(34)30(24(18)33)20-8-9-21(31)27-23(20)32/h3,5-6,16,19-20H,1-2,4,7-15,26H2,(H,27,31,32)/t16-,19+,20?/m0/s1. The molecule has 182 valence electrons. The number of nitrogens with two attached hydrogens (primary N) is 1. The number of benzene rings is 1. The van der Waals surface area contributed by atoms with E-state index >= 15 is 0 Å². The van der Waals surface area contributed by atoms with E-state index in [1.807, 2.05) is 6.07 Å². The number of rotatable bonds is 5. The summed E-state index contributed by atoms with van der Waals surface area (Å²) in [5.41, 5.74) is 7.61. The fourth-order valence-electron chi connectivity index (χ4n) is 6.15. The lowest BCUT2D eigenvalue weighted by Gasteiger charge is -2.44. The van der Waals surface area contributed by atoms with E-state index in [4.69, 9.17) is 5.73 Å². The molecule has 3 atom stereocenters. The van der Waals surface area contributed by atoms with Crippen LogP contribution < -0.4 is 11.1 Å². The molecule has 34 heavy (non-hydrogen) atoms. The minimum absolute atomic E-state index is 0.118. The first kappa shape index (κ1) is 23.1. The Morgan fingerprint density at radius 1 is 0.941 bits per heavy atom. The molecule has 5 rings (SSSR count). The van der Waals surface area contributed by atoms with E-state index in [9.17, 15) is 19.2 Å². The molecule has 1 aromatic rings. The summed E-state index contributed by atoms with van der Waals surface area (Å²) in [6, 6.07) is 4.99. The zero-order chi connectivity index (χ0) is 23.8. The molecule has 1 aromatic carbocycles. The summed E-state index contributed by atoms with van der Waals surface area (Å²) >= 11 is 0. The molecule has 9 heteroatoms. The lowest BCUT2D eigenvalue weighted by Crippen LogP contribution is -2.54. The first-order valence-electron chi connectivity index (χ1n) is 12.5. The van der Waals surface area contributed by atoms with Crippen LogP contribution in [-0.2, 0) is 16.1 Å². The first-order valence-corrected chi connectivity index (χ1v) is 12.5. The van der Waals surface area contributed by atoms with E-state index in [-0.39, 0.29) is 18.7 Å². The molecule has 3 aliphatic heterocycles. The number of amides is 4. The molecule has 2 saturated heterocycles. The number of piperidine rings is 1. The molecule has 9 nitrogen and oxygen atoms in total. The molecular formula is C25H33N5O4. The first-order chi connectivity index (χ1) is 16.5. The van der Waals surface area contributed by atoms with Crippen molar-refractivity contribution in [1.82, 2.24) is 20.0 Å². The second kappa shape index (κ2) is 9.56. The quantitative estimate of drug-likeness (QED) is 0.613. The molecule has 3 fully saturated rings. The molecule has 0 bridgehead atoms. The highest BCUT2D eigenvalue weighted by atomic mass is 16.2. The van der Waals surface area contributed by atoms with Gasteiger partial charge in [-0.05, 0) is 43.4 Å². The van der Waals surface area contributed by atoms with Crippen molar-refractivity contribution in [3.05, 3.63) is 34.9 Å². The number of piperazine rings is 1. The Hall–Kier alpha value is -2.62. The molecule has 0 aromatic heterocycles. The van der Waals surface area contributed by atoms with E-state index < -0.39 is 23.8 Å². The molecule has 0 spiro atoms. The van der Waals surface area contributed by atoms with Crippen LogP contribution >= 0.6 is 0 Å². The summed E-state index contributed by atoms with van der Waals surface area (Å²) in [5.74, 6) is -1.26. The SMILES string of the molecule is NC[C@@H]1CCCC[C@H]1N1CCN(Cc2cccc3c2C(=O)N(C2CCC(=O)NC2=O)C3=O)CC1. The van der Waals surface area contributed by atoms with Crippen LogP contribution in [0.3, 0.4) is 0 Å². The maximum atomic E-state index is 13.3. The summed E-state index contributed by atoms with van der Waals surface area (Å²) in [6.07, 6.45) is 5.28. The molecule has 1 unspecified atom stereocenters. The van der Waals surface area contributed by atoms with Crippen LogP contribution in [0, 0.1) is 5.92 Å². The highest BCUT2D eigenvalue weighted by Gasteiger charge is 2.45. The number of carbonyl (C=O) groups excluding carboxylic acids is 4. The van der Waals surface area contributed by atoms with Crippen molar-refractivity contribution >= 4 is 23.6 Å². The van der Waals surface area contributed by atoms with E-state index in [2.05, 4.69) is 15.1 Å². The van der Waals surface area contributed by atoms with Crippen LogP contribution in [-0.4, -0.2) is 83.1 Å². The normalized spacial score (nSPS) is 28.9. The molecule has 3 N–H and O–H groups in total. The summed E-state index contributed by atoms with van der Waals surface area (Å²) in [4.78, 5) is 56.2. The maximum absolute atomic E-state index is 13.3. The number of fused-ring (bicyclic) bond motifs is 1. The van der Waals surface area contributed by atoms with Gasteiger partial charge in [0.1, 0.15) is 6.04 Å². The van der Waals surface area contributed by atoms with E-state index in [0.717, 1.165) is 43.2 Å². The van der Waals surface area contributed by atoms with Gasteiger partial charge in [-0.15, -0.1) is 0 Å². The summed E-state index contributed by atoms with van der Waals surface area (Å²) in [6.45, 7) is 5.09. The van der Waals surface area contributed by atoms with Gasteiger partial charge in [0.05, 0.1) is 11.1 Å². The molecule has 0 radical (unpaired) electrons. The average molecular weight is 468 g/mol. The van der Waals surface area contributed by atoms with Gasteiger partial charge >= 0.3 is 0 Å². The lowest BCUT2D eigenvalue weighted by molar-refractivity contribution is -0.136. The van der Waals surface area contributed by atoms with Crippen molar-refractivity contribution in [3.8, 4) is 0 Å². The lowest BCUT2D eigenvalue weighted by atomic mass is 9.83. The number of nitrogens with zero attached hydrogens (tertiary/aromatic N) is 3. The van der Waals surface area contributed by atoms with Crippen molar-refractivity contribution in [2.45, 2.75) is 57.2 Å². The zero-order valence-corrected chi connectivity index (χ0v) is 19.5. The van der Waals surface area contributed by atoms with Gasteiger partial charge in [0.15, 0.2) is 0 Å². The van der Waals surface area contributed by atoms with Crippen molar-refractivity contribution in [2.24, 2.45) is 11.7 Å². The van der Waals surface area contributed by atoms with Crippen molar-refractivity contribution in [1.29, 1.82) is 0 Å². The third-order valence-electron chi connectivity index (χ3n) is 8.00. The van der Waals surface area contributed by atoms with E-state index in [0.29, 0.717) is 29.6 Å². The van der Waals surface area contributed by atoms with Crippen molar-refractivity contribution in [3.63, 3.8) is 0 Å². The number of nitrogens with one attached hydrogen (secondary N) is 1. The minimum atomic E-state index is -0.938. The van der Waals surface area contributed by atoms with Crippen LogP contribution in [0.1, 0.15) is 64.8 Å². The van der Waals surface area contributed by atoms with E-state index in [1.54, 1.807) is 12.1 Å². The number of imide groups is 2. The molecule has 1 aliphatic carbocycles. The molecule has 4 aliphatic rings. The Kier molecular flexibility index (Phi) is 6.50. The molecule has 1 saturated carbocycles. The Labute approximate surface area is 199 Å². The molecule has 4 amide bonds. The van der Waals surface area contributed by atoms with Gasteiger partial charge in [-0.1, -0.05) is 25.0 Å². The topological polar surface area (TPSA) is 116 Å². The smallest absolute Gasteiger partial charge is 0.262 e. The largest absolute Gasteiger partial charge is 0.330 e. The second-order valence-corrected chi connectivity index (χ2v) is 9.95. The summed E-state index contributed by atoms with van der Waals surface area (Å²) < 4.78 is 0. The number of hydrogen-bond acceptors (Lipinski definition) is 7. The third kappa shape index (κ3) is 4.16. The van der Waals surface area contributed by atoms with Gasteiger partial charge in [-0.2, -0.15) is 0 Å². The highest BCUT2D eigenvalue weighted by molar-refractivity contribution is 6.24. The fourth-order valence-corrected chi connectivity index (χ4v) is 6.15. The monoisotopic (exact) mass is 467 g/mol. The molecular weight excluding hydrogens is 434 g/mol. The van der Waals surface area contributed by atoms with Crippen LogP contribution in [0.5, 0.6) is 0 Å². The predicted molar refractivity (Wildman–Crippen MR) is 125 cm³/mol. The van der Waals surface area contributed by atoms with Crippen LogP contribution in [0.15, 0.2) is 18.2 Å². The second-order valence-electron chi connectivity index (χ2n) is 9.95. The summed E-state index contributed by atoms with van der Waals surface area (Å²) in [7, 11) is 0. The fraction of sp³-hybridized carbons (Fsp3) is 0.600. The van der Waals surface area contributed by atoms with E-state index in [1.165, 1.54) is 25.7 Å². The average Bonchev–Trinajstić information content (AvgIpc) is 3.10. The molecule has 3 heterocycles. The van der Waals surface area contributed by atoms with Gasteiger partial charge < -0.3 is 5.73 Å². The van der Waals surface area contributed by atoms with Gasteiger partial charge in [0, 0.05) is 45.2 Å². The van der Waals surface area contributed by atoms with Gasteiger partial charge in [-0.25, -0.2) is 0 Å². The Bertz CT molecular complexity index is 1000. The minimum Gasteiger partial charge on any atom is -0.330 e. The third-order valence-corrected chi connectivity index (χ3v) is 8.00. The predicted octanol–water partition coefficient (Wildman–Crippen LogP) is 0.723. The summed E-state index contributed by atoms with van der Waals surface area (Å²) in [5, 5.41) is 2.25. The number of carbonyl (C=O) groups is 4. The van der Waals surface area contributed by atoms with Crippen molar-refractivity contribution < 1.29 is 19.2 Å². The van der Waals surface area contributed by atoms with Gasteiger partial charge in [0.25, 0.3) is 11.8 Å². The Morgan fingerprint density at radius 3 is 2.44 bits per heavy atom. The van der Waals surface area contributed by atoms with Crippen LogP contribution in [0.4, 0.5) is 0 Å². The van der Waals surface area contributed by atoms with Crippen molar-refractivity contribution in [2.75, 3.05) is 32.7 Å².